The molecule has 0 amide bonds. The topological polar surface area (TPSA) is 29.9 Å². The maximum Gasteiger partial charge on any atom is 0.178 e. The highest BCUT2D eigenvalue weighted by atomic mass is 32.1. The van der Waals surface area contributed by atoms with Crippen molar-refractivity contribution in [2.45, 2.75) is 45.3 Å². The van der Waals surface area contributed by atoms with Crippen LogP contribution in [0.5, 0.6) is 5.75 Å². The first-order valence-corrected chi connectivity index (χ1v) is 6.97. The molecule has 0 radical (unpaired) electrons. The summed E-state index contributed by atoms with van der Waals surface area (Å²) in [5.41, 5.74) is 2.20. The van der Waals surface area contributed by atoms with Crippen LogP contribution in [0.4, 0.5) is 0 Å². The lowest BCUT2D eigenvalue weighted by molar-refractivity contribution is 0.245. The van der Waals surface area contributed by atoms with E-state index in [1.807, 2.05) is 26.0 Å². The molecular formula is C14H18N2OS. The summed E-state index contributed by atoms with van der Waals surface area (Å²) < 4.78 is 8.90. The number of para-hydroxylation sites is 1. The molecule has 1 fully saturated rings. The van der Waals surface area contributed by atoms with E-state index >= 15 is 0 Å². The highest BCUT2D eigenvalue weighted by Gasteiger charge is 2.22. The molecule has 1 aliphatic carbocycles. The van der Waals surface area contributed by atoms with Crippen molar-refractivity contribution < 1.29 is 4.74 Å². The summed E-state index contributed by atoms with van der Waals surface area (Å²) in [6, 6.07) is 6.73. The maximum atomic E-state index is 5.84. The molecule has 1 saturated carbocycles. The van der Waals surface area contributed by atoms with Gasteiger partial charge in [0, 0.05) is 6.04 Å². The predicted molar refractivity (Wildman–Crippen MR) is 75.8 cm³/mol. The van der Waals surface area contributed by atoms with Crippen molar-refractivity contribution in [1.82, 2.24) is 9.55 Å². The Bertz CT molecular complexity index is 622. The van der Waals surface area contributed by atoms with Crippen molar-refractivity contribution >= 4 is 23.3 Å². The first-order valence-electron chi connectivity index (χ1n) is 6.56. The molecule has 0 atom stereocenters. The highest BCUT2D eigenvalue weighted by molar-refractivity contribution is 7.71. The molecule has 1 N–H and O–H groups in total. The van der Waals surface area contributed by atoms with E-state index in [-0.39, 0.29) is 6.10 Å². The zero-order valence-corrected chi connectivity index (χ0v) is 11.6. The molecule has 0 aliphatic heterocycles. The molecule has 0 bridgehead atoms. The van der Waals surface area contributed by atoms with E-state index in [9.17, 15) is 0 Å². The SMILES string of the molecule is CC(C)Oc1cccc2c1[nH]c(=S)n2C1CCC1. The van der Waals surface area contributed by atoms with Crippen molar-refractivity contribution in [3.63, 3.8) is 0 Å². The van der Waals surface area contributed by atoms with E-state index in [0.29, 0.717) is 6.04 Å². The van der Waals surface area contributed by atoms with Crippen LogP contribution in [0.15, 0.2) is 18.2 Å². The summed E-state index contributed by atoms with van der Waals surface area (Å²) in [7, 11) is 0. The quantitative estimate of drug-likeness (QED) is 0.840. The number of aromatic nitrogens is 2. The average molecular weight is 262 g/mol. The minimum absolute atomic E-state index is 0.171. The van der Waals surface area contributed by atoms with Gasteiger partial charge in [0.15, 0.2) is 4.77 Å². The Kier molecular flexibility index (Phi) is 2.90. The maximum absolute atomic E-state index is 5.84. The number of H-pyrrole nitrogens is 1. The van der Waals surface area contributed by atoms with Gasteiger partial charge in [-0.15, -0.1) is 0 Å². The van der Waals surface area contributed by atoms with Crippen molar-refractivity contribution in [2.24, 2.45) is 0 Å². The zero-order chi connectivity index (χ0) is 12.7. The van der Waals surface area contributed by atoms with Crippen LogP contribution in [0.25, 0.3) is 11.0 Å². The summed E-state index contributed by atoms with van der Waals surface area (Å²) >= 11 is 5.45. The van der Waals surface area contributed by atoms with Crippen LogP contribution in [-0.4, -0.2) is 15.7 Å². The lowest BCUT2D eigenvalue weighted by atomic mass is 9.93. The van der Waals surface area contributed by atoms with Crippen LogP contribution in [-0.2, 0) is 0 Å². The van der Waals surface area contributed by atoms with Crippen molar-refractivity contribution in [1.29, 1.82) is 0 Å². The Morgan fingerprint density at radius 1 is 1.39 bits per heavy atom. The molecule has 1 aromatic carbocycles. The summed E-state index contributed by atoms with van der Waals surface area (Å²) in [4.78, 5) is 3.30. The molecule has 18 heavy (non-hydrogen) atoms. The van der Waals surface area contributed by atoms with Gasteiger partial charge in [0.05, 0.1) is 11.6 Å². The number of rotatable bonds is 3. The fourth-order valence-electron chi connectivity index (χ4n) is 2.48. The van der Waals surface area contributed by atoms with E-state index in [0.717, 1.165) is 16.0 Å². The Morgan fingerprint density at radius 3 is 2.78 bits per heavy atom. The molecule has 96 valence electrons. The fourth-order valence-corrected chi connectivity index (χ4v) is 2.83. The molecule has 1 aromatic heterocycles. The first kappa shape index (κ1) is 11.8. The van der Waals surface area contributed by atoms with Gasteiger partial charge in [0.1, 0.15) is 11.3 Å². The van der Waals surface area contributed by atoms with E-state index in [1.165, 1.54) is 24.8 Å². The van der Waals surface area contributed by atoms with Gasteiger partial charge in [-0.2, -0.15) is 0 Å². The summed E-state index contributed by atoms with van der Waals surface area (Å²) in [5, 5.41) is 0. The lowest BCUT2D eigenvalue weighted by Crippen LogP contribution is -2.16. The smallest absolute Gasteiger partial charge is 0.178 e. The van der Waals surface area contributed by atoms with Gasteiger partial charge in [-0.3, -0.25) is 0 Å². The Labute approximate surface area is 112 Å². The van der Waals surface area contributed by atoms with Crippen LogP contribution in [0.3, 0.4) is 0 Å². The number of aromatic amines is 1. The van der Waals surface area contributed by atoms with Crippen molar-refractivity contribution in [3.8, 4) is 5.75 Å². The third-order valence-electron chi connectivity index (χ3n) is 3.52. The molecule has 1 aliphatic rings. The molecule has 3 rings (SSSR count). The van der Waals surface area contributed by atoms with E-state index in [4.69, 9.17) is 17.0 Å². The summed E-state index contributed by atoms with van der Waals surface area (Å²) in [6.45, 7) is 4.08. The molecular weight excluding hydrogens is 244 g/mol. The van der Waals surface area contributed by atoms with Crippen LogP contribution in [0, 0.1) is 4.77 Å². The Hall–Kier alpha value is -1.29. The van der Waals surface area contributed by atoms with Gasteiger partial charge < -0.3 is 14.3 Å². The lowest BCUT2D eigenvalue weighted by Gasteiger charge is -2.27. The number of ether oxygens (including phenoxy) is 1. The van der Waals surface area contributed by atoms with E-state index in [1.54, 1.807) is 0 Å². The molecule has 0 spiro atoms. The van der Waals surface area contributed by atoms with Crippen LogP contribution in [0.2, 0.25) is 0 Å². The largest absolute Gasteiger partial charge is 0.489 e. The number of fused-ring (bicyclic) bond motifs is 1. The van der Waals surface area contributed by atoms with E-state index in [2.05, 4.69) is 15.6 Å². The fraction of sp³-hybridized carbons (Fsp3) is 0.500. The van der Waals surface area contributed by atoms with Gasteiger partial charge in [-0.1, -0.05) is 6.07 Å². The van der Waals surface area contributed by atoms with Crippen molar-refractivity contribution in [2.75, 3.05) is 0 Å². The Morgan fingerprint density at radius 2 is 2.17 bits per heavy atom. The third-order valence-corrected chi connectivity index (χ3v) is 3.82. The predicted octanol–water partition coefficient (Wildman–Crippen LogP) is 4.21. The van der Waals surface area contributed by atoms with Crippen LogP contribution >= 0.6 is 12.2 Å². The highest BCUT2D eigenvalue weighted by Crippen LogP contribution is 2.36. The normalized spacial score (nSPS) is 16.2. The molecule has 3 nitrogen and oxygen atoms in total. The second-order valence-corrected chi connectivity index (χ2v) is 5.59. The summed E-state index contributed by atoms with van der Waals surface area (Å²) in [6.07, 6.45) is 3.94. The number of imidazole rings is 1. The van der Waals surface area contributed by atoms with E-state index < -0.39 is 0 Å². The monoisotopic (exact) mass is 262 g/mol. The van der Waals surface area contributed by atoms with Gasteiger partial charge in [0.2, 0.25) is 0 Å². The second-order valence-electron chi connectivity index (χ2n) is 5.20. The minimum Gasteiger partial charge on any atom is -0.489 e. The third kappa shape index (κ3) is 1.85. The van der Waals surface area contributed by atoms with Crippen LogP contribution in [0.1, 0.15) is 39.2 Å². The number of hydrogen-bond donors (Lipinski definition) is 1. The second kappa shape index (κ2) is 4.43. The molecule has 4 heteroatoms. The molecule has 1 heterocycles. The number of hydrogen-bond acceptors (Lipinski definition) is 2. The number of nitrogens with one attached hydrogen (secondary N) is 1. The van der Waals surface area contributed by atoms with Gasteiger partial charge in [-0.25, -0.2) is 0 Å². The molecule has 0 unspecified atom stereocenters. The first-order chi connectivity index (χ1) is 8.66. The number of benzene rings is 1. The minimum atomic E-state index is 0.171. The molecule has 0 saturated heterocycles. The zero-order valence-electron chi connectivity index (χ0n) is 10.8. The number of nitrogens with zero attached hydrogens (tertiary/aromatic N) is 1. The van der Waals surface area contributed by atoms with Gasteiger partial charge >= 0.3 is 0 Å². The summed E-state index contributed by atoms with van der Waals surface area (Å²) in [5.74, 6) is 0.895. The standard InChI is InChI=1S/C14H18N2OS/c1-9(2)17-12-8-4-7-11-13(12)15-14(18)16(11)10-5-3-6-10/h4,7-10H,3,5-6H2,1-2H3,(H,15,18). The van der Waals surface area contributed by atoms with Crippen LogP contribution < -0.4 is 4.74 Å². The Balaban J connectivity index is 2.15. The van der Waals surface area contributed by atoms with Gasteiger partial charge in [-0.05, 0) is 57.5 Å². The van der Waals surface area contributed by atoms with Gasteiger partial charge in [0.25, 0.3) is 0 Å². The van der Waals surface area contributed by atoms with Crippen molar-refractivity contribution in [3.05, 3.63) is 23.0 Å². The molecule has 2 aromatic rings. The average Bonchev–Trinajstić information content (AvgIpc) is 2.55.